The van der Waals surface area contributed by atoms with Gasteiger partial charge in [0.25, 0.3) is 5.69 Å². The lowest BCUT2D eigenvalue weighted by Gasteiger charge is -2.09. The van der Waals surface area contributed by atoms with E-state index in [2.05, 4.69) is 5.32 Å². The molecule has 1 N–H and O–H groups in total. The molecule has 0 spiro atoms. The second-order valence-corrected chi connectivity index (χ2v) is 5.66. The highest BCUT2D eigenvalue weighted by Gasteiger charge is 2.16. The van der Waals surface area contributed by atoms with Gasteiger partial charge in [-0.05, 0) is 30.3 Å². The maximum atomic E-state index is 12.2. The molecule has 2 aromatic rings. The van der Waals surface area contributed by atoms with Crippen LogP contribution in [0.15, 0.2) is 42.5 Å². The number of ether oxygens (including phenoxy) is 1. The number of nitriles is 1. The maximum Gasteiger partial charge on any atom is 0.343 e. The van der Waals surface area contributed by atoms with Gasteiger partial charge in [-0.25, -0.2) is 4.79 Å². The molecule has 8 nitrogen and oxygen atoms in total. The lowest BCUT2D eigenvalue weighted by molar-refractivity contribution is -0.384. The van der Waals surface area contributed by atoms with Gasteiger partial charge in [0.15, 0.2) is 5.75 Å². The molecule has 1 amide bonds. The topological polar surface area (TPSA) is 122 Å². The SMILES string of the molecule is CC(C)C(=O)Nc1ccc(C(=O)Oc2cc([N+](=O)[O-])ccc2C#N)cc1. The smallest absolute Gasteiger partial charge is 0.343 e. The Kier molecular flexibility index (Phi) is 5.65. The Balaban J connectivity index is 2.18. The molecule has 0 unspecified atom stereocenters. The van der Waals surface area contributed by atoms with E-state index in [0.29, 0.717) is 5.69 Å². The third-order valence-corrected chi connectivity index (χ3v) is 3.41. The van der Waals surface area contributed by atoms with E-state index in [0.717, 1.165) is 12.1 Å². The molecule has 2 rings (SSSR count). The summed E-state index contributed by atoms with van der Waals surface area (Å²) in [5, 5.41) is 22.6. The zero-order valence-electron chi connectivity index (χ0n) is 14.1. The lowest BCUT2D eigenvalue weighted by atomic mass is 10.1. The predicted octanol–water partition coefficient (Wildman–Crippen LogP) is 3.28. The highest BCUT2D eigenvalue weighted by atomic mass is 16.6. The highest BCUT2D eigenvalue weighted by Crippen LogP contribution is 2.25. The second-order valence-electron chi connectivity index (χ2n) is 5.66. The average molecular weight is 353 g/mol. The Labute approximate surface area is 149 Å². The minimum atomic E-state index is -0.774. The number of non-ortho nitro benzene ring substituents is 1. The van der Waals surface area contributed by atoms with Crippen LogP contribution in [-0.2, 0) is 4.79 Å². The molecule has 0 radical (unpaired) electrons. The van der Waals surface area contributed by atoms with E-state index in [-0.39, 0.29) is 34.4 Å². The Bertz CT molecular complexity index is 898. The van der Waals surface area contributed by atoms with E-state index in [1.807, 2.05) is 6.07 Å². The Morgan fingerprint density at radius 2 is 1.85 bits per heavy atom. The molecule has 0 atom stereocenters. The molecule has 0 aliphatic carbocycles. The minimum Gasteiger partial charge on any atom is -0.421 e. The van der Waals surface area contributed by atoms with Gasteiger partial charge in [-0.15, -0.1) is 0 Å². The normalized spacial score (nSPS) is 10.1. The monoisotopic (exact) mass is 353 g/mol. The summed E-state index contributed by atoms with van der Waals surface area (Å²) in [5.41, 5.74) is 0.402. The molecule has 0 saturated heterocycles. The van der Waals surface area contributed by atoms with Crippen LogP contribution in [0.3, 0.4) is 0 Å². The number of esters is 1. The van der Waals surface area contributed by atoms with Crippen LogP contribution in [0.1, 0.15) is 29.8 Å². The fraction of sp³-hybridized carbons (Fsp3) is 0.167. The van der Waals surface area contributed by atoms with Crippen molar-refractivity contribution in [3.63, 3.8) is 0 Å². The van der Waals surface area contributed by atoms with Crippen molar-refractivity contribution < 1.29 is 19.2 Å². The summed E-state index contributed by atoms with van der Waals surface area (Å²) in [6.07, 6.45) is 0. The summed E-state index contributed by atoms with van der Waals surface area (Å²) in [7, 11) is 0. The van der Waals surface area contributed by atoms with Crippen molar-refractivity contribution in [1.29, 1.82) is 5.26 Å². The summed E-state index contributed by atoms with van der Waals surface area (Å²) in [6.45, 7) is 3.51. The molecular weight excluding hydrogens is 338 g/mol. The fourth-order valence-corrected chi connectivity index (χ4v) is 1.94. The number of anilines is 1. The maximum absolute atomic E-state index is 12.2. The van der Waals surface area contributed by atoms with Crippen LogP contribution in [0, 0.1) is 27.4 Å². The molecule has 0 saturated carbocycles. The van der Waals surface area contributed by atoms with Gasteiger partial charge in [0.1, 0.15) is 6.07 Å². The molecule has 8 heteroatoms. The van der Waals surface area contributed by atoms with Crippen molar-refractivity contribution in [2.45, 2.75) is 13.8 Å². The number of carbonyl (C=O) groups is 2. The number of hydrogen-bond acceptors (Lipinski definition) is 6. The molecule has 0 bridgehead atoms. The van der Waals surface area contributed by atoms with Crippen LogP contribution >= 0.6 is 0 Å². The van der Waals surface area contributed by atoms with Gasteiger partial charge < -0.3 is 10.1 Å². The Morgan fingerprint density at radius 1 is 1.19 bits per heavy atom. The first-order valence-electron chi connectivity index (χ1n) is 7.63. The minimum absolute atomic E-state index is 0.00441. The quantitative estimate of drug-likeness (QED) is 0.381. The number of carbonyl (C=O) groups excluding carboxylic acids is 2. The number of benzene rings is 2. The van der Waals surface area contributed by atoms with E-state index in [4.69, 9.17) is 10.00 Å². The Morgan fingerprint density at radius 3 is 2.38 bits per heavy atom. The number of hydrogen-bond donors (Lipinski definition) is 1. The fourth-order valence-electron chi connectivity index (χ4n) is 1.94. The third-order valence-electron chi connectivity index (χ3n) is 3.41. The molecule has 0 heterocycles. The van der Waals surface area contributed by atoms with Gasteiger partial charge in [-0.3, -0.25) is 14.9 Å². The van der Waals surface area contributed by atoms with E-state index in [1.54, 1.807) is 13.8 Å². The van der Waals surface area contributed by atoms with Crippen molar-refractivity contribution in [3.8, 4) is 11.8 Å². The van der Waals surface area contributed by atoms with Gasteiger partial charge >= 0.3 is 5.97 Å². The van der Waals surface area contributed by atoms with Gasteiger partial charge in [-0.2, -0.15) is 5.26 Å². The number of nitro groups is 1. The number of amides is 1. The van der Waals surface area contributed by atoms with Gasteiger partial charge in [0, 0.05) is 17.7 Å². The molecule has 0 fully saturated rings. The zero-order chi connectivity index (χ0) is 19.3. The summed E-state index contributed by atoms with van der Waals surface area (Å²) in [4.78, 5) is 34.0. The number of rotatable bonds is 5. The van der Waals surface area contributed by atoms with Gasteiger partial charge in [0.05, 0.1) is 22.1 Å². The molecule has 0 aliphatic heterocycles. The average Bonchev–Trinajstić information content (AvgIpc) is 2.62. The van der Waals surface area contributed by atoms with Gasteiger partial charge in [0.2, 0.25) is 5.91 Å². The summed E-state index contributed by atoms with van der Waals surface area (Å²) in [6, 6.07) is 11.2. The van der Waals surface area contributed by atoms with Crippen LogP contribution in [0.2, 0.25) is 0 Å². The largest absolute Gasteiger partial charge is 0.421 e. The second kappa shape index (κ2) is 7.90. The number of nitrogens with one attached hydrogen (secondary N) is 1. The van der Waals surface area contributed by atoms with Crippen molar-refractivity contribution >= 4 is 23.3 Å². The lowest BCUT2D eigenvalue weighted by Crippen LogP contribution is -2.17. The molecule has 2 aromatic carbocycles. The zero-order valence-corrected chi connectivity index (χ0v) is 14.1. The summed E-state index contributed by atoms with van der Waals surface area (Å²) >= 11 is 0. The van der Waals surface area contributed by atoms with E-state index in [9.17, 15) is 19.7 Å². The van der Waals surface area contributed by atoms with Crippen molar-refractivity contribution in [2.24, 2.45) is 5.92 Å². The van der Waals surface area contributed by atoms with Crippen LogP contribution in [0.4, 0.5) is 11.4 Å². The first-order chi connectivity index (χ1) is 12.3. The van der Waals surface area contributed by atoms with Gasteiger partial charge in [-0.1, -0.05) is 13.8 Å². The summed E-state index contributed by atoms with van der Waals surface area (Å²) in [5.74, 6) is -1.30. The van der Waals surface area contributed by atoms with Crippen LogP contribution in [0.5, 0.6) is 5.75 Å². The summed E-state index contributed by atoms with van der Waals surface area (Å²) < 4.78 is 5.12. The first kappa shape index (κ1) is 18.6. The van der Waals surface area contributed by atoms with Crippen molar-refractivity contribution in [3.05, 3.63) is 63.7 Å². The van der Waals surface area contributed by atoms with Crippen molar-refractivity contribution in [2.75, 3.05) is 5.32 Å². The van der Waals surface area contributed by atoms with E-state index in [1.165, 1.54) is 30.3 Å². The Hall–Kier alpha value is -3.73. The molecule has 0 aliphatic rings. The molecule has 26 heavy (non-hydrogen) atoms. The van der Waals surface area contributed by atoms with Crippen LogP contribution < -0.4 is 10.1 Å². The third kappa shape index (κ3) is 4.42. The predicted molar refractivity (Wildman–Crippen MR) is 92.7 cm³/mol. The van der Waals surface area contributed by atoms with E-state index < -0.39 is 10.9 Å². The highest BCUT2D eigenvalue weighted by molar-refractivity contribution is 5.94. The van der Waals surface area contributed by atoms with Crippen LogP contribution in [-0.4, -0.2) is 16.8 Å². The molecule has 0 aromatic heterocycles. The van der Waals surface area contributed by atoms with E-state index >= 15 is 0 Å². The number of nitrogens with zero attached hydrogens (tertiary/aromatic N) is 2. The standard InChI is InChI=1S/C18H15N3O5/c1-11(2)17(22)20-14-6-3-12(4-7-14)18(23)26-16-9-15(21(24)25)8-5-13(16)10-19/h3-9,11H,1-2H3,(H,20,22). The van der Waals surface area contributed by atoms with Crippen molar-refractivity contribution in [1.82, 2.24) is 0 Å². The number of nitro benzene ring substituents is 1. The first-order valence-corrected chi connectivity index (χ1v) is 7.63. The molecule has 132 valence electrons. The van der Waals surface area contributed by atoms with Crippen LogP contribution in [0.25, 0.3) is 0 Å². The molecular formula is C18H15N3O5.